The van der Waals surface area contributed by atoms with E-state index in [0.717, 1.165) is 14.6 Å². The van der Waals surface area contributed by atoms with Gasteiger partial charge in [-0.15, -0.1) is 11.3 Å². The average Bonchev–Trinajstić information content (AvgIpc) is 2.78. The Hall–Kier alpha value is -1.11. The number of hydrogen-bond donors (Lipinski definition) is 2. The predicted molar refractivity (Wildman–Crippen MR) is 75.4 cm³/mol. The van der Waals surface area contributed by atoms with Crippen LogP contribution in [-0.4, -0.2) is 34.4 Å². The summed E-state index contributed by atoms with van der Waals surface area (Å²) >= 11 is 3.06. The lowest BCUT2D eigenvalue weighted by atomic mass is 10.1. The predicted octanol–water partition coefficient (Wildman–Crippen LogP) is 2.45. The van der Waals surface area contributed by atoms with Gasteiger partial charge in [0.05, 0.1) is 10.2 Å². The number of fused-ring (bicyclic) bond motifs is 1. The van der Waals surface area contributed by atoms with Crippen molar-refractivity contribution in [2.75, 3.05) is 12.8 Å². The third-order valence-corrected chi connectivity index (χ3v) is 5.28. The molecule has 1 aromatic heterocycles. The number of thiazole rings is 1. The maximum atomic E-state index is 11.2. The number of nitrogens with one attached hydrogen (secondary N) is 1. The maximum absolute atomic E-state index is 11.2. The van der Waals surface area contributed by atoms with E-state index in [-0.39, 0.29) is 0 Å². The van der Waals surface area contributed by atoms with Crippen LogP contribution < -0.4 is 5.32 Å². The standard InChI is InChI=1S/C12H14N2O2S2/c1-12(13-2,10(15)16)7-17-11-14-8-5-3-4-6-9(8)18-11/h3-6,13H,7H2,1-2H3,(H,15,16). The average molecular weight is 282 g/mol. The summed E-state index contributed by atoms with van der Waals surface area (Å²) in [6.07, 6.45) is 0. The van der Waals surface area contributed by atoms with Crippen molar-refractivity contribution in [3.63, 3.8) is 0 Å². The first-order valence-electron chi connectivity index (χ1n) is 5.46. The summed E-state index contributed by atoms with van der Waals surface area (Å²) in [6, 6.07) is 7.91. The SMILES string of the molecule is CNC(C)(CSc1nc2ccccc2s1)C(=O)O. The van der Waals surface area contributed by atoms with E-state index in [1.165, 1.54) is 11.8 Å². The minimum atomic E-state index is -0.928. The van der Waals surface area contributed by atoms with E-state index in [9.17, 15) is 4.79 Å². The summed E-state index contributed by atoms with van der Waals surface area (Å²) in [4.78, 5) is 15.6. The van der Waals surface area contributed by atoms with Crippen LogP contribution in [0.3, 0.4) is 0 Å². The Labute approximate surface area is 113 Å². The molecule has 0 spiro atoms. The largest absolute Gasteiger partial charge is 0.480 e. The first-order chi connectivity index (χ1) is 8.55. The lowest BCUT2D eigenvalue weighted by Gasteiger charge is -2.22. The third kappa shape index (κ3) is 2.66. The number of carboxylic acids is 1. The number of nitrogens with zero attached hydrogens (tertiary/aromatic N) is 1. The van der Waals surface area contributed by atoms with E-state index in [2.05, 4.69) is 10.3 Å². The number of benzene rings is 1. The molecule has 6 heteroatoms. The van der Waals surface area contributed by atoms with Crippen LogP contribution in [0.5, 0.6) is 0 Å². The van der Waals surface area contributed by atoms with Crippen LogP contribution in [-0.2, 0) is 4.79 Å². The van der Waals surface area contributed by atoms with Crippen LogP contribution in [0.15, 0.2) is 28.6 Å². The highest BCUT2D eigenvalue weighted by Crippen LogP contribution is 2.31. The number of carboxylic acid groups (broad SMARTS) is 1. The van der Waals surface area contributed by atoms with Crippen LogP contribution in [0.1, 0.15) is 6.92 Å². The van der Waals surface area contributed by atoms with Gasteiger partial charge < -0.3 is 10.4 Å². The van der Waals surface area contributed by atoms with Gasteiger partial charge in [-0.3, -0.25) is 4.79 Å². The molecular weight excluding hydrogens is 268 g/mol. The van der Waals surface area contributed by atoms with E-state index in [0.29, 0.717) is 5.75 Å². The summed E-state index contributed by atoms with van der Waals surface area (Å²) in [7, 11) is 1.66. The van der Waals surface area contributed by atoms with Crippen molar-refractivity contribution in [1.82, 2.24) is 10.3 Å². The molecule has 1 aromatic carbocycles. The Kier molecular flexibility index (Phi) is 3.89. The second kappa shape index (κ2) is 5.26. The number of para-hydroxylation sites is 1. The molecule has 1 heterocycles. The second-order valence-electron chi connectivity index (χ2n) is 4.12. The van der Waals surface area contributed by atoms with Gasteiger partial charge in [0.15, 0.2) is 4.34 Å². The molecule has 0 saturated carbocycles. The summed E-state index contributed by atoms with van der Waals surface area (Å²) in [6.45, 7) is 1.68. The Morgan fingerprint density at radius 1 is 1.56 bits per heavy atom. The number of rotatable bonds is 5. The number of aliphatic carboxylic acids is 1. The fourth-order valence-corrected chi connectivity index (χ4v) is 3.58. The van der Waals surface area contributed by atoms with Crippen LogP contribution in [0.25, 0.3) is 10.2 Å². The van der Waals surface area contributed by atoms with Crippen molar-refractivity contribution >= 4 is 39.3 Å². The van der Waals surface area contributed by atoms with Crippen molar-refractivity contribution in [2.24, 2.45) is 0 Å². The van der Waals surface area contributed by atoms with E-state index in [4.69, 9.17) is 5.11 Å². The highest BCUT2D eigenvalue weighted by atomic mass is 32.2. The van der Waals surface area contributed by atoms with Crippen LogP contribution in [0.4, 0.5) is 0 Å². The van der Waals surface area contributed by atoms with Gasteiger partial charge in [-0.25, -0.2) is 4.98 Å². The molecule has 0 radical (unpaired) electrons. The number of likely N-dealkylation sites (N-methyl/N-ethyl adjacent to an activating group) is 1. The molecule has 2 aromatic rings. The smallest absolute Gasteiger partial charge is 0.324 e. The first kappa shape index (κ1) is 13.3. The minimum absolute atomic E-state index is 0.443. The lowest BCUT2D eigenvalue weighted by molar-refractivity contribution is -0.142. The van der Waals surface area contributed by atoms with E-state index in [1.807, 2.05) is 24.3 Å². The Morgan fingerprint density at radius 3 is 2.89 bits per heavy atom. The topological polar surface area (TPSA) is 62.2 Å². The van der Waals surface area contributed by atoms with Gasteiger partial charge in [-0.1, -0.05) is 23.9 Å². The third-order valence-electron chi connectivity index (χ3n) is 2.78. The van der Waals surface area contributed by atoms with Crippen molar-refractivity contribution in [3.8, 4) is 0 Å². The molecule has 0 aliphatic carbocycles. The van der Waals surface area contributed by atoms with Gasteiger partial charge >= 0.3 is 5.97 Å². The highest BCUT2D eigenvalue weighted by Gasteiger charge is 2.31. The molecule has 0 saturated heterocycles. The number of aromatic nitrogens is 1. The molecule has 0 bridgehead atoms. The molecule has 4 nitrogen and oxygen atoms in total. The van der Waals surface area contributed by atoms with E-state index >= 15 is 0 Å². The van der Waals surface area contributed by atoms with Gasteiger partial charge in [0.25, 0.3) is 0 Å². The van der Waals surface area contributed by atoms with Gasteiger partial charge in [-0.2, -0.15) is 0 Å². The van der Waals surface area contributed by atoms with Crippen molar-refractivity contribution in [3.05, 3.63) is 24.3 Å². The monoisotopic (exact) mass is 282 g/mol. The number of hydrogen-bond acceptors (Lipinski definition) is 5. The van der Waals surface area contributed by atoms with Gasteiger partial charge in [0.1, 0.15) is 5.54 Å². The molecule has 1 unspecified atom stereocenters. The summed E-state index contributed by atoms with van der Waals surface area (Å²) in [5.74, 6) is -0.405. The molecule has 18 heavy (non-hydrogen) atoms. The molecule has 1 atom stereocenters. The second-order valence-corrected chi connectivity index (χ2v) is 6.38. The van der Waals surface area contributed by atoms with Gasteiger partial charge in [0, 0.05) is 5.75 Å². The molecule has 0 amide bonds. The van der Waals surface area contributed by atoms with Crippen molar-refractivity contribution in [2.45, 2.75) is 16.8 Å². The van der Waals surface area contributed by atoms with Crippen LogP contribution >= 0.6 is 23.1 Å². The number of thioether (sulfide) groups is 1. The summed E-state index contributed by atoms with van der Waals surface area (Å²) in [5, 5.41) is 12.0. The molecule has 2 N–H and O–H groups in total. The Balaban J connectivity index is 2.12. The van der Waals surface area contributed by atoms with Crippen LogP contribution in [0.2, 0.25) is 0 Å². The molecule has 96 valence electrons. The number of carbonyl (C=O) groups is 1. The molecule has 0 aliphatic heterocycles. The zero-order chi connectivity index (χ0) is 13.2. The molecular formula is C12H14N2O2S2. The first-order valence-corrected chi connectivity index (χ1v) is 7.26. The maximum Gasteiger partial charge on any atom is 0.324 e. The highest BCUT2D eigenvalue weighted by molar-refractivity contribution is 8.01. The zero-order valence-electron chi connectivity index (χ0n) is 10.1. The molecule has 2 rings (SSSR count). The van der Waals surface area contributed by atoms with E-state index in [1.54, 1.807) is 25.3 Å². The fourth-order valence-electron chi connectivity index (χ4n) is 1.36. The van der Waals surface area contributed by atoms with Crippen LogP contribution in [0, 0.1) is 0 Å². The summed E-state index contributed by atoms with van der Waals surface area (Å²) in [5.41, 5.74) is 0.0363. The van der Waals surface area contributed by atoms with Crippen molar-refractivity contribution < 1.29 is 9.90 Å². The Bertz CT molecular complexity index is 537. The molecule has 0 fully saturated rings. The summed E-state index contributed by atoms with van der Waals surface area (Å²) < 4.78 is 2.03. The van der Waals surface area contributed by atoms with Gasteiger partial charge in [0.2, 0.25) is 0 Å². The zero-order valence-corrected chi connectivity index (χ0v) is 11.8. The van der Waals surface area contributed by atoms with Gasteiger partial charge in [-0.05, 0) is 26.1 Å². The fraction of sp³-hybridized carbons (Fsp3) is 0.333. The van der Waals surface area contributed by atoms with E-state index < -0.39 is 11.5 Å². The Morgan fingerprint density at radius 2 is 2.28 bits per heavy atom. The minimum Gasteiger partial charge on any atom is -0.480 e. The normalized spacial score (nSPS) is 14.6. The van der Waals surface area contributed by atoms with Crippen molar-refractivity contribution in [1.29, 1.82) is 0 Å². The molecule has 0 aliphatic rings. The quantitative estimate of drug-likeness (QED) is 0.825. The lowest BCUT2D eigenvalue weighted by Crippen LogP contribution is -2.49.